The van der Waals surface area contributed by atoms with E-state index in [-0.39, 0.29) is 5.56 Å². The van der Waals surface area contributed by atoms with Crippen LogP contribution >= 0.6 is 54.8 Å². The van der Waals surface area contributed by atoms with Crippen molar-refractivity contribution < 1.29 is 13.2 Å². The highest BCUT2D eigenvalue weighted by Crippen LogP contribution is 2.43. The van der Waals surface area contributed by atoms with Crippen LogP contribution in [0, 0.1) is 0 Å². The molecule has 0 saturated heterocycles. The second-order valence-electron chi connectivity index (χ2n) is 3.73. The van der Waals surface area contributed by atoms with Gasteiger partial charge in [0.05, 0.1) is 14.7 Å². The van der Waals surface area contributed by atoms with Crippen molar-refractivity contribution in [2.24, 2.45) is 0 Å². The van der Waals surface area contributed by atoms with E-state index < -0.39 is 16.6 Å². The molecular weight excluding hydrogens is 428 g/mol. The standard InChI is InChI=1S/C12H6Br2ClF3S/c13-6-1-2-7(8(5-6)12(16,17)18)11(14)9-3-4-10(15)19-9/h1-5,11H. The van der Waals surface area contributed by atoms with Gasteiger partial charge in [-0.15, -0.1) is 11.3 Å². The number of benzene rings is 1. The third-order valence-electron chi connectivity index (χ3n) is 2.44. The fourth-order valence-electron chi connectivity index (χ4n) is 1.61. The van der Waals surface area contributed by atoms with Crippen LogP contribution in [0.1, 0.15) is 20.8 Å². The molecule has 0 radical (unpaired) electrons. The third-order valence-corrected chi connectivity index (χ3v) is 5.52. The van der Waals surface area contributed by atoms with E-state index in [1.165, 1.54) is 17.4 Å². The summed E-state index contributed by atoms with van der Waals surface area (Å²) in [5.41, 5.74) is -0.484. The average molecular weight is 435 g/mol. The second-order valence-corrected chi connectivity index (χ2v) is 7.31. The van der Waals surface area contributed by atoms with Gasteiger partial charge in [0.1, 0.15) is 0 Å². The molecule has 7 heteroatoms. The zero-order valence-corrected chi connectivity index (χ0v) is 13.9. The Morgan fingerprint density at radius 2 is 1.84 bits per heavy atom. The van der Waals surface area contributed by atoms with Crippen LogP contribution in [0.25, 0.3) is 0 Å². The SMILES string of the molecule is FC(F)(F)c1cc(Br)ccc1C(Br)c1ccc(Cl)s1. The van der Waals surface area contributed by atoms with E-state index >= 15 is 0 Å². The highest BCUT2D eigenvalue weighted by molar-refractivity contribution is 9.10. The molecule has 0 aliphatic heterocycles. The summed E-state index contributed by atoms with van der Waals surface area (Å²) in [5.74, 6) is 0. The maximum absolute atomic E-state index is 13.0. The molecule has 19 heavy (non-hydrogen) atoms. The van der Waals surface area contributed by atoms with Gasteiger partial charge in [0.15, 0.2) is 0 Å². The molecule has 1 unspecified atom stereocenters. The minimum atomic E-state index is -4.40. The lowest BCUT2D eigenvalue weighted by Crippen LogP contribution is -2.10. The molecule has 0 saturated carbocycles. The molecule has 1 atom stereocenters. The van der Waals surface area contributed by atoms with E-state index in [0.717, 1.165) is 10.9 Å². The molecule has 0 nitrogen and oxygen atoms in total. The predicted octanol–water partition coefficient (Wildman–Crippen LogP) is 6.67. The molecule has 2 rings (SSSR count). The van der Waals surface area contributed by atoms with Gasteiger partial charge >= 0.3 is 6.18 Å². The van der Waals surface area contributed by atoms with Gasteiger partial charge in [0.2, 0.25) is 0 Å². The van der Waals surface area contributed by atoms with E-state index in [1.54, 1.807) is 18.2 Å². The third kappa shape index (κ3) is 3.54. The van der Waals surface area contributed by atoms with E-state index in [0.29, 0.717) is 8.81 Å². The number of hydrogen-bond acceptors (Lipinski definition) is 1. The zero-order chi connectivity index (χ0) is 14.2. The molecule has 1 heterocycles. The van der Waals surface area contributed by atoms with Gasteiger partial charge in [0, 0.05) is 9.35 Å². The molecule has 2 aromatic rings. The first kappa shape index (κ1) is 15.4. The van der Waals surface area contributed by atoms with Gasteiger partial charge in [0.25, 0.3) is 0 Å². The minimum absolute atomic E-state index is 0.175. The van der Waals surface area contributed by atoms with Crippen molar-refractivity contribution >= 4 is 54.8 Å². The summed E-state index contributed by atoms with van der Waals surface area (Å²) < 4.78 is 40.1. The monoisotopic (exact) mass is 432 g/mol. The smallest absolute Gasteiger partial charge is 0.166 e. The summed E-state index contributed by atoms with van der Waals surface area (Å²) in [4.78, 5) is 0.201. The molecule has 0 bridgehead atoms. The summed E-state index contributed by atoms with van der Waals surface area (Å²) in [5, 5.41) is 0. The topological polar surface area (TPSA) is 0 Å². The maximum atomic E-state index is 13.0. The molecule has 102 valence electrons. The minimum Gasteiger partial charge on any atom is -0.166 e. The van der Waals surface area contributed by atoms with Crippen molar-refractivity contribution in [3.63, 3.8) is 0 Å². The van der Waals surface area contributed by atoms with Crippen LogP contribution in [0.2, 0.25) is 4.34 Å². The van der Waals surface area contributed by atoms with Crippen molar-refractivity contribution in [1.82, 2.24) is 0 Å². The fraction of sp³-hybridized carbons (Fsp3) is 0.167. The molecule has 0 amide bonds. The van der Waals surface area contributed by atoms with Gasteiger partial charge < -0.3 is 0 Å². The summed E-state index contributed by atoms with van der Waals surface area (Å²) in [7, 11) is 0. The van der Waals surface area contributed by atoms with Crippen LogP contribution < -0.4 is 0 Å². The van der Waals surface area contributed by atoms with Gasteiger partial charge in [-0.25, -0.2) is 0 Å². The van der Waals surface area contributed by atoms with Crippen molar-refractivity contribution in [3.05, 3.63) is 55.1 Å². The fourth-order valence-corrected chi connectivity index (χ4v) is 3.86. The Hall–Kier alpha value is -0.0400. The van der Waals surface area contributed by atoms with Gasteiger partial charge in [-0.05, 0) is 29.8 Å². The van der Waals surface area contributed by atoms with Crippen LogP contribution in [-0.2, 0) is 6.18 Å². The molecule has 0 aliphatic rings. The van der Waals surface area contributed by atoms with E-state index in [2.05, 4.69) is 31.9 Å². The van der Waals surface area contributed by atoms with Crippen LogP contribution in [0.5, 0.6) is 0 Å². The van der Waals surface area contributed by atoms with Crippen LogP contribution in [-0.4, -0.2) is 0 Å². The summed E-state index contributed by atoms with van der Waals surface area (Å²) in [6.45, 7) is 0. The lowest BCUT2D eigenvalue weighted by molar-refractivity contribution is -0.138. The lowest BCUT2D eigenvalue weighted by atomic mass is 10.0. The van der Waals surface area contributed by atoms with Gasteiger partial charge in [-0.1, -0.05) is 49.5 Å². The molecular formula is C12H6Br2ClF3S. The number of alkyl halides is 4. The summed E-state index contributed by atoms with van der Waals surface area (Å²) in [6.07, 6.45) is -4.40. The van der Waals surface area contributed by atoms with Gasteiger partial charge in [-0.2, -0.15) is 13.2 Å². The first-order valence-electron chi connectivity index (χ1n) is 5.05. The largest absolute Gasteiger partial charge is 0.416 e. The lowest BCUT2D eigenvalue weighted by Gasteiger charge is -2.16. The average Bonchev–Trinajstić information content (AvgIpc) is 2.74. The maximum Gasteiger partial charge on any atom is 0.416 e. The zero-order valence-electron chi connectivity index (χ0n) is 9.14. The predicted molar refractivity (Wildman–Crippen MR) is 79.2 cm³/mol. The Balaban J connectivity index is 2.50. The van der Waals surface area contributed by atoms with Gasteiger partial charge in [-0.3, -0.25) is 0 Å². The Morgan fingerprint density at radius 3 is 2.37 bits per heavy atom. The molecule has 0 N–H and O–H groups in total. The van der Waals surface area contributed by atoms with Crippen LogP contribution in [0.3, 0.4) is 0 Å². The second kappa shape index (κ2) is 5.76. The first-order valence-corrected chi connectivity index (χ1v) is 7.95. The van der Waals surface area contributed by atoms with Crippen LogP contribution in [0.15, 0.2) is 34.8 Å². The number of thiophene rings is 1. The number of rotatable bonds is 2. The summed E-state index contributed by atoms with van der Waals surface area (Å²) in [6, 6.07) is 7.52. The molecule has 0 fully saturated rings. The Bertz CT molecular complexity index is 595. The highest BCUT2D eigenvalue weighted by Gasteiger charge is 2.35. The first-order chi connectivity index (χ1) is 8.79. The number of halogens is 6. The van der Waals surface area contributed by atoms with E-state index in [1.807, 2.05) is 0 Å². The summed E-state index contributed by atoms with van der Waals surface area (Å²) >= 11 is 13.4. The molecule has 1 aromatic carbocycles. The van der Waals surface area contributed by atoms with Crippen molar-refractivity contribution in [3.8, 4) is 0 Å². The normalized spacial score (nSPS) is 13.6. The molecule has 0 spiro atoms. The Kier molecular flexibility index (Phi) is 4.65. The van der Waals surface area contributed by atoms with Crippen molar-refractivity contribution in [2.75, 3.05) is 0 Å². The van der Waals surface area contributed by atoms with Crippen molar-refractivity contribution in [1.29, 1.82) is 0 Å². The Morgan fingerprint density at radius 1 is 1.16 bits per heavy atom. The molecule has 0 aliphatic carbocycles. The van der Waals surface area contributed by atoms with Crippen LogP contribution in [0.4, 0.5) is 13.2 Å². The van der Waals surface area contributed by atoms with E-state index in [4.69, 9.17) is 11.6 Å². The molecule has 1 aromatic heterocycles. The van der Waals surface area contributed by atoms with E-state index in [9.17, 15) is 13.2 Å². The Labute approximate surface area is 133 Å². The van der Waals surface area contributed by atoms with Crippen molar-refractivity contribution in [2.45, 2.75) is 11.0 Å². The number of hydrogen-bond donors (Lipinski definition) is 0. The quantitative estimate of drug-likeness (QED) is 0.463. The highest BCUT2D eigenvalue weighted by atomic mass is 79.9.